The zero-order valence-electron chi connectivity index (χ0n) is 9.02. The molecule has 1 aromatic rings. The van der Waals surface area contributed by atoms with Gasteiger partial charge in [0.15, 0.2) is 10.1 Å². The van der Waals surface area contributed by atoms with Crippen LogP contribution in [0.3, 0.4) is 0 Å². The van der Waals surface area contributed by atoms with Crippen molar-refractivity contribution >= 4 is 16.1 Å². The van der Waals surface area contributed by atoms with E-state index in [0.29, 0.717) is 6.20 Å². The molecule has 0 amide bonds. The third-order valence-electron chi connectivity index (χ3n) is 1.88. The van der Waals surface area contributed by atoms with Crippen molar-refractivity contribution in [3.8, 4) is 0 Å². The molecule has 0 saturated heterocycles. The zero-order valence-corrected chi connectivity index (χ0v) is 9.84. The predicted molar refractivity (Wildman–Crippen MR) is 48.5 cm³/mol. The number of nitrogens with one attached hydrogen (secondary N) is 1. The third kappa shape index (κ3) is 3.22. The molecule has 1 aromatic heterocycles. The Hall–Kier alpha value is -1.76. The molecule has 0 aliphatic carbocycles. The lowest BCUT2D eigenvalue weighted by atomic mass is 10.3. The van der Waals surface area contributed by atoms with Crippen LogP contribution in [0.5, 0.6) is 0 Å². The second kappa shape index (κ2) is 4.97. The number of hydrogen-bond acceptors (Lipinski definition) is 6. The molecule has 1 atom stereocenters. The topological polar surface area (TPSA) is 112 Å². The summed E-state index contributed by atoms with van der Waals surface area (Å²) in [6.07, 6.45) is -8.92. The lowest BCUT2D eigenvalue weighted by molar-refractivity contribution is -0.248. The largest absolute Gasteiger partial charge is 0.743 e. The summed E-state index contributed by atoms with van der Waals surface area (Å²) in [7, 11) is -6.71. The highest BCUT2D eigenvalue weighted by Crippen LogP contribution is 2.38. The van der Waals surface area contributed by atoms with E-state index in [1.807, 2.05) is 4.98 Å². The average molecular weight is 323 g/mol. The number of hydrogen-bond donors (Lipinski definition) is 1. The molecule has 1 N–H and O–H groups in total. The number of rotatable bonds is 4. The standard InChI is InChI=1S/C7H5F5N2O5S/c8-6(9,10)5(7(11,12)20(16,17)18)19-4(15)3-1-13-2-14-3/h1-2,5H,(H,13,14)(H,16,17,18)/p-1. The molecule has 0 bridgehead atoms. The second-order valence-electron chi connectivity index (χ2n) is 3.31. The first kappa shape index (κ1) is 16.3. The number of H-pyrrole nitrogens is 1. The summed E-state index contributed by atoms with van der Waals surface area (Å²) in [4.78, 5) is 16.3. The van der Waals surface area contributed by atoms with E-state index in [9.17, 15) is 39.7 Å². The Morgan fingerprint density at radius 3 is 2.25 bits per heavy atom. The third-order valence-corrected chi connectivity index (χ3v) is 2.76. The van der Waals surface area contributed by atoms with Gasteiger partial charge in [-0.25, -0.2) is 18.2 Å². The minimum absolute atomic E-state index is 0.652. The predicted octanol–water partition coefficient (Wildman–Crippen LogP) is 0.635. The molecule has 0 aromatic carbocycles. The fourth-order valence-corrected chi connectivity index (χ4v) is 1.44. The molecule has 0 aliphatic rings. The van der Waals surface area contributed by atoms with E-state index < -0.39 is 39.3 Å². The monoisotopic (exact) mass is 323 g/mol. The normalized spacial score (nSPS) is 14.9. The molecule has 114 valence electrons. The van der Waals surface area contributed by atoms with Crippen LogP contribution in [0.4, 0.5) is 22.0 Å². The summed E-state index contributed by atoms with van der Waals surface area (Å²) >= 11 is 0. The highest BCUT2D eigenvalue weighted by molar-refractivity contribution is 7.86. The molecule has 1 heterocycles. The van der Waals surface area contributed by atoms with Crippen LogP contribution < -0.4 is 0 Å². The number of esters is 1. The summed E-state index contributed by atoms with van der Waals surface area (Å²) in [5.41, 5.74) is -0.738. The number of nitrogens with zero attached hydrogens (tertiary/aromatic N) is 1. The molecule has 13 heteroatoms. The number of halogens is 5. The fourth-order valence-electron chi connectivity index (χ4n) is 0.995. The highest BCUT2D eigenvalue weighted by atomic mass is 32.2. The SMILES string of the molecule is O=C(OC(C(F)(F)F)C(F)(F)S(=O)(=O)[O-])c1cnc[nH]1. The van der Waals surface area contributed by atoms with E-state index >= 15 is 0 Å². The molecule has 0 saturated carbocycles. The van der Waals surface area contributed by atoms with Crippen LogP contribution >= 0.6 is 0 Å². The Labute approximate surface area is 107 Å². The van der Waals surface area contributed by atoms with Crippen molar-refractivity contribution in [3.05, 3.63) is 18.2 Å². The number of aromatic amines is 1. The van der Waals surface area contributed by atoms with E-state index in [0.717, 1.165) is 6.33 Å². The summed E-state index contributed by atoms with van der Waals surface area (Å²) in [6, 6.07) is 0. The van der Waals surface area contributed by atoms with Gasteiger partial charge in [0, 0.05) is 0 Å². The van der Waals surface area contributed by atoms with Crippen molar-refractivity contribution in [2.75, 3.05) is 0 Å². The molecular formula is C7H4F5N2O5S-. The van der Waals surface area contributed by atoms with E-state index in [1.165, 1.54) is 0 Å². The van der Waals surface area contributed by atoms with Crippen molar-refractivity contribution in [1.29, 1.82) is 0 Å². The van der Waals surface area contributed by atoms with Gasteiger partial charge < -0.3 is 14.3 Å². The smallest absolute Gasteiger partial charge is 0.432 e. The second-order valence-corrected chi connectivity index (χ2v) is 4.76. The number of alkyl halides is 5. The van der Waals surface area contributed by atoms with Crippen LogP contribution in [-0.2, 0) is 14.9 Å². The van der Waals surface area contributed by atoms with Crippen LogP contribution in [0.2, 0.25) is 0 Å². The molecule has 0 radical (unpaired) electrons. The maximum Gasteiger partial charge on any atom is 0.432 e. The molecule has 0 fully saturated rings. The summed E-state index contributed by atoms with van der Waals surface area (Å²) in [6.45, 7) is 0. The van der Waals surface area contributed by atoms with Gasteiger partial charge in [-0.15, -0.1) is 0 Å². The van der Waals surface area contributed by atoms with Crippen LogP contribution in [0.25, 0.3) is 0 Å². The Morgan fingerprint density at radius 2 is 1.90 bits per heavy atom. The van der Waals surface area contributed by atoms with Gasteiger partial charge in [0.1, 0.15) is 5.69 Å². The minimum atomic E-state index is -6.71. The Morgan fingerprint density at radius 1 is 1.35 bits per heavy atom. The van der Waals surface area contributed by atoms with Gasteiger partial charge >= 0.3 is 17.4 Å². The van der Waals surface area contributed by atoms with E-state index in [2.05, 4.69) is 9.72 Å². The van der Waals surface area contributed by atoms with Crippen molar-refractivity contribution in [3.63, 3.8) is 0 Å². The highest BCUT2D eigenvalue weighted by Gasteiger charge is 2.63. The molecule has 1 rings (SSSR count). The van der Waals surface area contributed by atoms with Gasteiger partial charge in [0.25, 0.3) is 6.10 Å². The van der Waals surface area contributed by atoms with Crippen LogP contribution in [-0.4, -0.2) is 46.4 Å². The summed E-state index contributed by atoms with van der Waals surface area (Å²) in [5, 5.41) is -5.87. The van der Waals surface area contributed by atoms with E-state index in [-0.39, 0.29) is 0 Å². The molecule has 1 unspecified atom stereocenters. The average Bonchev–Trinajstić information content (AvgIpc) is 2.75. The lowest BCUT2D eigenvalue weighted by Gasteiger charge is -2.29. The fraction of sp³-hybridized carbons (Fsp3) is 0.429. The van der Waals surface area contributed by atoms with Crippen LogP contribution in [0.1, 0.15) is 10.5 Å². The molecule has 7 nitrogen and oxygen atoms in total. The van der Waals surface area contributed by atoms with Gasteiger partial charge in [-0.2, -0.15) is 22.0 Å². The van der Waals surface area contributed by atoms with Gasteiger partial charge in [-0.05, 0) is 0 Å². The maximum absolute atomic E-state index is 13.0. The number of carbonyl (C=O) groups is 1. The Balaban J connectivity index is 3.13. The summed E-state index contributed by atoms with van der Waals surface area (Å²) < 4.78 is 97.0. The number of ether oxygens (including phenoxy) is 1. The lowest BCUT2D eigenvalue weighted by Crippen LogP contribution is -2.52. The van der Waals surface area contributed by atoms with Crippen molar-refractivity contribution in [1.82, 2.24) is 9.97 Å². The number of aromatic nitrogens is 2. The van der Waals surface area contributed by atoms with Gasteiger partial charge in [-0.1, -0.05) is 0 Å². The maximum atomic E-state index is 13.0. The first-order chi connectivity index (χ1) is 8.87. The first-order valence-electron chi connectivity index (χ1n) is 4.46. The molecular weight excluding hydrogens is 319 g/mol. The van der Waals surface area contributed by atoms with Gasteiger partial charge in [-0.3, -0.25) is 0 Å². The van der Waals surface area contributed by atoms with Gasteiger partial charge in [0.2, 0.25) is 0 Å². The number of imidazole rings is 1. The van der Waals surface area contributed by atoms with E-state index in [4.69, 9.17) is 0 Å². The molecule has 0 spiro atoms. The molecule has 20 heavy (non-hydrogen) atoms. The van der Waals surface area contributed by atoms with Gasteiger partial charge in [0.05, 0.1) is 12.5 Å². The van der Waals surface area contributed by atoms with Crippen LogP contribution in [0, 0.1) is 0 Å². The quantitative estimate of drug-likeness (QED) is 0.494. The van der Waals surface area contributed by atoms with E-state index in [1.54, 1.807) is 0 Å². The van der Waals surface area contributed by atoms with Crippen molar-refractivity contribution < 1.29 is 44.5 Å². The summed E-state index contributed by atoms with van der Waals surface area (Å²) in [5.74, 6) is -1.95. The minimum Gasteiger partial charge on any atom is -0.743 e. The molecule has 0 aliphatic heterocycles. The van der Waals surface area contributed by atoms with Crippen LogP contribution in [0.15, 0.2) is 12.5 Å². The first-order valence-corrected chi connectivity index (χ1v) is 5.87. The number of carbonyl (C=O) groups excluding carboxylic acids is 1. The zero-order chi connectivity index (χ0) is 15.8. The Kier molecular flexibility index (Phi) is 4.05. The Bertz CT molecular complexity index is 581. The van der Waals surface area contributed by atoms with Crippen molar-refractivity contribution in [2.24, 2.45) is 0 Å². The van der Waals surface area contributed by atoms with Crippen molar-refractivity contribution in [2.45, 2.75) is 17.5 Å².